The van der Waals surface area contributed by atoms with Crippen LogP contribution in [0.1, 0.15) is 110 Å². The number of fused-ring (bicyclic) bond motifs is 1. The zero-order chi connectivity index (χ0) is 36.5. The molecule has 8 heteroatoms. The Morgan fingerprint density at radius 3 is 2.25 bits per heavy atom. The lowest BCUT2D eigenvalue weighted by Crippen LogP contribution is -2.67. The summed E-state index contributed by atoms with van der Waals surface area (Å²) in [7, 11) is 0. The normalized spacial score (nSPS) is 46.3. The van der Waals surface area contributed by atoms with E-state index in [1.165, 1.54) is 44.6 Å². The fourth-order valence-electron chi connectivity index (χ4n) is 15.2. The number of amides is 1. The molecule has 7 fully saturated rings. The zero-order valence-corrected chi connectivity index (χ0v) is 32.0. The van der Waals surface area contributed by atoms with E-state index in [-0.39, 0.29) is 58.1 Å². The smallest absolute Gasteiger partial charge is 0.409 e. The molecule has 11 rings (SSSR count). The van der Waals surface area contributed by atoms with Gasteiger partial charge in [-0.2, -0.15) is 0 Å². The van der Waals surface area contributed by atoms with E-state index >= 15 is 4.39 Å². The largest absolute Gasteiger partial charge is 0.450 e. The first-order valence-corrected chi connectivity index (χ1v) is 20.8. The number of benzene rings is 1. The zero-order valence-electron chi connectivity index (χ0n) is 31.3. The molecular formula is C44H57ClFNO5. The van der Waals surface area contributed by atoms with Crippen LogP contribution >= 0.6 is 11.6 Å². The lowest BCUT2D eigenvalue weighted by molar-refractivity contribution is -0.179. The van der Waals surface area contributed by atoms with E-state index in [1.54, 1.807) is 12.1 Å². The van der Waals surface area contributed by atoms with E-state index in [1.807, 2.05) is 11.8 Å². The van der Waals surface area contributed by atoms with Crippen LogP contribution in [0.15, 0.2) is 42.0 Å². The standard InChI is InChI=1S/C44H57ClFNO5/c1-4-52-38(50)47(25-41-20-27-16-28(21-41)18-29(17-27)22-41)26-43(51)13-10-37-40(43,3)12-9-36-39(2)11-8-30(48)23-42(39)14-15-44(36,37)32(24-42)35(49)19-31-33(45)6-5-7-34(31)46/h5-7,14-15,24,27-30,36-37,48,51H,4,8-13,16-23,25-26H2,1-3H3. The first kappa shape index (κ1) is 35.5. The highest BCUT2D eigenvalue weighted by Crippen LogP contribution is 2.78. The Labute approximate surface area is 313 Å². The van der Waals surface area contributed by atoms with E-state index < -0.39 is 33.8 Å². The molecule has 8 unspecified atom stereocenters. The van der Waals surface area contributed by atoms with Crippen molar-refractivity contribution in [2.45, 2.75) is 122 Å². The van der Waals surface area contributed by atoms with Gasteiger partial charge < -0.3 is 19.8 Å². The predicted octanol–water partition coefficient (Wildman–Crippen LogP) is 8.86. The number of hydrogen-bond donors (Lipinski definition) is 2. The number of aliphatic hydroxyl groups excluding tert-OH is 1. The van der Waals surface area contributed by atoms with Gasteiger partial charge in [0, 0.05) is 45.4 Å². The average Bonchev–Trinajstić information content (AvgIpc) is 3.35. The van der Waals surface area contributed by atoms with Crippen molar-refractivity contribution in [3.05, 3.63) is 58.4 Å². The number of allylic oxidation sites excluding steroid dienone is 4. The molecule has 6 bridgehead atoms. The van der Waals surface area contributed by atoms with E-state index in [9.17, 15) is 19.8 Å². The molecule has 6 nitrogen and oxygen atoms in total. The molecule has 1 aromatic carbocycles. The Morgan fingerprint density at radius 2 is 1.58 bits per heavy atom. The van der Waals surface area contributed by atoms with Gasteiger partial charge in [-0.25, -0.2) is 9.18 Å². The molecule has 8 atom stereocenters. The van der Waals surface area contributed by atoms with E-state index in [0.29, 0.717) is 31.6 Å². The lowest BCUT2D eigenvalue weighted by atomic mass is 9.32. The maximum atomic E-state index is 15.2. The Balaban J connectivity index is 1.09. The molecule has 0 heterocycles. The minimum Gasteiger partial charge on any atom is -0.450 e. The van der Waals surface area contributed by atoms with Crippen LogP contribution in [-0.4, -0.2) is 58.4 Å². The molecule has 52 heavy (non-hydrogen) atoms. The van der Waals surface area contributed by atoms with Crippen LogP contribution in [0.2, 0.25) is 5.02 Å². The van der Waals surface area contributed by atoms with Gasteiger partial charge in [0.2, 0.25) is 0 Å². The molecule has 1 aromatic rings. The summed E-state index contributed by atoms with van der Waals surface area (Å²) in [6.07, 6.45) is 18.4. The molecule has 0 radical (unpaired) electrons. The van der Waals surface area contributed by atoms with Crippen LogP contribution in [-0.2, 0) is 16.0 Å². The molecule has 10 aliphatic rings. The van der Waals surface area contributed by atoms with Crippen molar-refractivity contribution in [1.29, 1.82) is 0 Å². The quantitative estimate of drug-likeness (QED) is 0.261. The van der Waals surface area contributed by atoms with Gasteiger partial charge in [-0.1, -0.05) is 49.7 Å². The second-order valence-corrected chi connectivity index (χ2v) is 20.0. The van der Waals surface area contributed by atoms with Gasteiger partial charge in [-0.05, 0) is 143 Å². The third-order valence-corrected chi connectivity index (χ3v) is 17.4. The van der Waals surface area contributed by atoms with Crippen molar-refractivity contribution in [1.82, 2.24) is 4.90 Å². The highest BCUT2D eigenvalue weighted by atomic mass is 35.5. The summed E-state index contributed by atoms with van der Waals surface area (Å²) >= 11 is 6.50. The summed E-state index contributed by atoms with van der Waals surface area (Å²) in [5.74, 6) is 1.72. The third kappa shape index (κ3) is 4.85. The maximum Gasteiger partial charge on any atom is 0.409 e. The first-order chi connectivity index (χ1) is 24.7. The van der Waals surface area contributed by atoms with E-state index in [0.717, 1.165) is 49.9 Å². The summed E-state index contributed by atoms with van der Waals surface area (Å²) in [4.78, 5) is 30.6. The highest BCUT2D eigenvalue weighted by Gasteiger charge is 2.74. The van der Waals surface area contributed by atoms with E-state index in [2.05, 4.69) is 32.1 Å². The number of rotatable bonds is 8. The van der Waals surface area contributed by atoms with Gasteiger partial charge in [0.05, 0.1) is 24.9 Å². The number of carbonyl (C=O) groups excluding carboxylic acids is 2. The Morgan fingerprint density at radius 1 is 0.923 bits per heavy atom. The second-order valence-electron chi connectivity index (χ2n) is 19.6. The first-order valence-electron chi connectivity index (χ1n) is 20.4. The summed E-state index contributed by atoms with van der Waals surface area (Å²) < 4.78 is 20.9. The van der Waals surface area contributed by atoms with Crippen LogP contribution in [0.25, 0.3) is 0 Å². The van der Waals surface area contributed by atoms with Gasteiger partial charge >= 0.3 is 6.09 Å². The fourth-order valence-corrected chi connectivity index (χ4v) is 15.4. The highest BCUT2D eigenvalue weighted by molar-refractivity contribution is 6.31. The Bertz CT molecular complexity index is 1690. The van der Waals surface area contributed by atoms with Crippen molar-refractivity contribution in [3.63, 3.8) is 0 Å². The van der Waals surface area contributed by atoms with Crippen LogP contribution < -0.4 is 0 Å². The number of nitrogens with zero attached hydrogens (tertiary/aromatic N) is 1. The Kier molecular flexibility index (Phi) is 8.11. The summed E-state index contributed by atoms with van der Waals surface area (Å²) in [6, 6.07) is 4.56. The molecule has 0 aromatic heterocycles. The molecule has 282 valence electrons. The van der Waals surface area contributed by atoms with Crippen molar-refractivity contribution in [3.8, 4) is 0 Å². The summed E-state index contributed by atoms with van der Waals surface area (Å²) in [5.41, 5.74) is -2.02. The number of Topliss-reactive ketones (excluding diaryl/α,β-unsaturated/α-hetero) is 1. The molecular weight excluding hydrogens is 677 g/mol. The molecule has 2 N–H and O–H groups in total. The SMILES string of the molecule is CCOC(=O)N(CC12CC3CC(CC(C3)C1)C2)CC1(O)CCC2C34C=CC5(C=C3C(=O)Cc3c(F)cccc3Cl)CC(O)CCC5(C)C4CCC21C. The number of ether oxygens (including phenoxy) is 1. The fraction of sp³-hybridized carbons (Fsp3) is 0.727. The van der Waals surface area contributed by atoms with Crippen molar-refractivity contribution >= 4 is 23.5 Å². The number of carbonyl (C=O) groups is 2. The van der Waals surface area contributed by atoms with Crippen LogP contribution in [0.3, 0.4) is 0 Å². The maximum absolute atomic E-state index is 15.2. The minimum absolute atomic E-state index is 0.0585. The van der Waals surface area contributed by atoms with Gasteiger partial charge in [-0.15, -0.1) is 0 Å². The van der Waals surface area contributed by atoms with Crippen LogP contribution in [0.4, 0.5) is 9.18 Å². The lowest BCUT2D eigenvalue weighted by Gasteiger charge is -2.71. The van der Waals surface area contributed by atoms with E-state index in [4.69, 9.17) is 16.3 Å². The minimum atomic E-state index is -1.17. The van der Waals surface area contributed by atoms with Gasteiger partial charge in [-0.3, -0.25) is 4.79 Å². The van der Waals surface area contributed by atoms with Crippen molar-refractivity contribution < 1.29 is 28.9 Å². The van der Waals surface area contributed by atoms with Gasteiger partial charge in [0.25, 0.3) is 0 Å². The second kappa shape index (κ2) is 11.9. The van der Waals surface area contributed by atoms with Crippen LogP contribution in [0, 0.1) is 62.5 Å². The molecule has 0 saturated heterocycles. The predicted molar refractivity (Wildman–Crippen MR) is 198 cm³/mol. The van der Waals surface area contributed by atoms with Gasteiger partial charge in [0.15, 0.2) is 5.78 Å². The number of halogens is 2. The molecule has 0 aliphatic heterocycles. The molecule has 7 saturated carbocycles. The summed E-state index contributed by atoms with van der Waals surface area (Å²) in [6.45, 7) is 7.60. The molecule has 2 spiro atoms. The topological polar surface area (TPSA) is 87.1 Å². The molecule has 10 aliphatic carbocycles. The summed E-state index contributed by atoms with van der Waals surface area (Å²) in [5, 5.41) is 24.4. The number of ketones is 1. The van der Waals surface area contributed by atoms with Crippen molar-refractivity contribution in [2.24, 2.45) is 56.7 Å². The van der Waals surface area contributed by atoms with Gasteiger partial charge in [0.1, 0.15) is 5.82 Å². The molecule has 1 amide bonds. The number of hydrogen-bond acceptors (Lipinski definition) is 5. The van der Waals surface area contributed by atoms with Crippen LogP contribution in [0.5, 0.6) is 0 Å². The average molecular weight is 734 g/mol. The monoisotopic (exact) mass is 733 g/mol. The Hall–Kier alpha value is -2.22. The van der Waals surface area contributed by atoms with Crippen molar-refractivity contribution in [2.75, 3.05) is 19.7 Å². The number of aliphatic hydroxyl groups is 2. The third-order valence-electron chi connectivity index (χ3n) is 17.1.